The van der Waals surface area contributed by atoms with E-state index in [9.17, 15) is 9.50 Å². The van der Waals surface area contributed by atoms with Gasteiger partial charge >= 0.3 is 0 Å². The molecule has 1 saturated carbocycles. The van der Waals surface area contributed by atoms with E-state index in [1.54, 1.807) is 12.1 Å². The van der Waals surface area contributed by atoms with Crippen LogP contribution in [-0.2, 0) is 0 Å². The van der Waals surface area contributed by atoms with Crippen molar-refractivity contribution in [2.45, 2.75) is 25.0 Å². The Hall–Kier alpha value is -1.94. The SMILES string of the molecule is OC(c1cccc(OC2CC2)c1)c1ccc(F)cn1. The van der Waals surface area contributed by atoms with E-state index in [0.717, 1.165) is 24.8 Å². The smallest absolute Gasteiger partial charge is 0.141 e. The third-order valence-electron chi connectivity index (χ3n) is 3.03. The van der Waals surface area contributed by atoms with E-state index in [4.69, 9.17) is 4.74 Å². The molecule has 1 atom stereocenters. The molecular formula is C15H14FNO2. The highest BCUT2D eigenvalue weighted by molar-refractivity contribution is 5.33. The Morgan fingerprint density at radius 2 is 2.11 bits per heavy atom. The highest BCUT2D eigenvalue weighted by Gasteiger charge is 2.23. The van der Waals surface area contributed by atoms with E-state index in [1.807, 2.05) is 12.1 Å². The fourth-order valence-corrected chi connectivity index (χ4v) is 1.86. The molecule has 0 spiro atoms. The van der Waals surface area contributed by atoms with Gasteiger partial charge < -0.3 is 9.84 Å². The molecule has 1 unspecified atom stereocenters. The van der Waals surface area contributed by atoms with E-state index in [2.05, 4.69) is 4.98 Å². The van der Waals surface area contributed by atoms with Crippen molar-refractivity contribution in [3.05, 3.63) is 59.7 Å². The molecule has 1 fully saturated rings. The molecule has 98 valence electrons. The van der Waals surface area contributed by atoms with Gasteiger partial charge in [-0.1, -0.05) is 12.1 Å². The van der Waals surface area contributed by atoms with Crippen LogP contribution in [-0.4, -0.2) is 16.2 Å². The van der Waals surface area contributed by atoms with E-state index < -0.39 is 11.9 Å². The van der Waals surface area contributed by atoms with Crippen LogP contribution in [0.1, 0.15) is 30.2 Å². The summed E-state index contributed by atoms with van der Waals surface area (Å²) in [6, 6.07) is 10.1. The second-order valence-corrected chi connectivity index (χ2v) is 4.69. The molecule has 1 aliphatic carbocycles. The minimum absolute atomic E-state index is 0.316. The van der Waals surface area contributed by atoms with Crippen LogP contribution in [0.3, 0.4) is 0 Å². The van der Waals surface area contributed by atoms with Crippen LogP contribution in [0.15, 0.2) is 42.6 Å². The molecule has 3 rings (SSSR count). The highest BCUT2D eigenvalue weighted by atomic mass is 19.1. The van der Waals surface area contributed by atoms with Crippen molar-refractivity contribution in [3.63, 3.8) is 0 Å². The zero-order chi connectivity index (χ0) is 13.2. The number of hydrogen-bond acceptors (Lipinski definition) is 3. The molecule has 3 nitrogen and oxygen atoms in total. The first-order valence-corrected chi connectivity index (χ1v) is 6.28. The average Bonchev–Trinajstić information content (AvgIpc) is 3.23. The largest absolute Gasteiger partial charge is 0.490 e. The number of benzene rings is 1. The predicted octanol–water partition coefficient (Wildman–Crippen LogP) is 2.84. The maximum absolute atomic E-state index is 12.8. The van der Waals surface area contributed by atoms with Gasteiger partial charge in [-0.2, -0.15) is 0 Å². The maximum atomic E-state index is 12.8. The molecule has 0 amide bonds. The number of aliphatic hydroxyl groups excluding tert-OH is 1. The molecule has 0 saturated heterocycles. The summed E-state index contributed by atoms with van der Waals surface area (Å²) >= 11 is 0. The van der Waals surface area contributed by atoms with Crippen molar-refractivity contribution in [2.75, 3.05) is 0 Å². The number of nitrogens with zero attached hydrogens (tertiary/aromatic N) is 1. The lowest BCUT2D eigenvalue weighted by atomic mass is 10.1. The fourth-order valence-electron chi connectivity index (χ4n) is 1.86. The van der Waals surface area contributed by atoms with Gasteiger partial charge in [0.15, 0.2) is 0 Å². The number of pyridine rings is 1. The molecule has 0 aliphatic heterocycles. The first-order valence-electron chi connectivity index (χ1n) is 6.28. The van der Waals surface area contributed by atoms with Crippen molar-refractivity contribution < 1.29 is 14.2 Å². The van der Waals surface area contributed by atoms with Gasteiger partial charge in [-0.25, -0.2) is 4.39 Å². The summed E-state index contributed by atoms with van der Waals surface area (Å²) in [5.74, 6) is 0.336. The van der Waals surface area contributed by atoms with Gasteiger partial charge in [0.25, 0.3) is 0 Å². The van der Waals surface area contributed by atoms with Gasteiger partial charge in [-0.3, -0.25) is 4.98 Å². The summed E-state index contributed by atoms with van der Waals surface area (Å²) in [7, 11) is 0. The number of hydrogen-bond donors (Lipinski definition) is 1. The molecular weight excluding hydrogens is 245 g/mol. The monoisotopic (exact) mass is 259 g/mol. The fraction of sp³-hybridized carbons (Fsp3) is 0.267. The Balaban J connectivity index is 1.81. The van der Waals surface area contributed by atoms with Crippen LogP contribution < -0.4 is 4.74 Å². The van der Waals surface area contributed by atoms with E-state index in [1.165, 1.54) is 12.1 Å². The van der Waals surface area contributed by atoms with Crippen LogP contribution in [0.4, 0.5) is 4.39 Å². The quantitative estimate of drug-likeness (QED) is 0.918. The minimum Gasteiger partial charge on any atom is -0.490 e. The van der Waals surface area contributed by atoms with Crippen molar-refractivity contribution >= 4 is 0 Å². The molecule has 4 heteroatoms. The molecule has 1 aromatic carbocycles. The lowest BCUT2D eigenvalue weighted by Crippen LogP contribution is -2.03. The van der Waals surface area contributed by atoms with Crippen LogP contribution in [0.2, 0.25) is 0 Å². The van der Waals surface area contributed by atoms with Gasteiger partial charge in [0, 0.05) is 0 Å². The van der Waals surface area contributed by atoms with Gasteiger partial charge in [0.05, 0.1) is 18.0 Å². The summed E-state index contributed by atoms with van der Waals surface area (Å²) < 4.78 is 18.5. The van der Waals surface area contributed by atoms with Crippen LogP contribution in [0.25, 0.3) is 0 Å². The molecule has 2 aromatic rings. The first kappa shape index (κ1) is 12.1. The maximum Gasteiger partial charge on any atom is 0.141 e. The predicted molar refractivity (Wildman–Crippen MR) is 68.3 cm³/mol. The minimum atomic E-state index is -0.872. The lowest BCUT2D eigenvalue weighted by Gasteiger charge is -2.12. The molecule has 1 aromatic heterocycles. The average molecular weight is 259 g/mol. The molecule has 0 bridgehead atoms. The normalized spacial score (nSPS) is 16.1. The lowest BCUT2D eigenvalue weighted by molar-refractivity contribution is 0.214. The second kappa shape index (κ2) is 4.97. The molecule has 1 N–H and O–H groups in total. The Bertz CT molecular complexity index is 567. The van der Waals surface area contributed by atoms with E-state index in [-0.39, 0.29) is 0 Å². The molecule has 1 heterocycles. The number of aliphatic hydroxyl groups is 1. The van der Waals surface area contributed by atoms with Crippen LogP contribution in [0, 0.1) is 5.82 Å². The Kier molecular flexibility index (Phi) is 3.17. The highest BCUT2D eigenvalue weighted by Crippen LogP contribution is 2.29. The van der Waals surface area contributed by atoms with Crippen molar-refractivity contribution in [1.82, 2.24) is 4.98 Å². The molecule has 1 aliphatic rings. The van der Waals surface area contributed by atoms with E-state index >= 15 is 0 Å². The number of rotatable bonds is 4. The molecule has 0 radical (unpaired) electrons. The number of ether oxygens (including phenoxy) is 1. The zero-order valence-electron chi connectivity index (χ0n) is 10.3. The summed E-state index contributed by atoms with van der Waals surface area (Å²) in [4.78, 5) is 3.89. The van der Waals surface area contributed by atoms with Crippen molar-refractivity contribution in [1.29, 1.82) is 0 Å². The van der Waals surface area contributed by atoms with Gasteiger partial charge in [-0.05, 0) is 42.7 Å². The first-order chi connectivity index (χ1) is 9.22. The zero-order valence-corrected chi connectivity index (χ0v) is 10.3. The Morgan fingerprint density at radius 3 is 2.79 bits per heavy atom. The summed E-state index contributed by atoms with van der Waals surface area (Å²) in [6.07, 6.45) is 2.72. The Morgan fingerprint density at radius 1 is 1.26 bits per heavy atom. The Labute approximate surface area is 110 Å². The van der Waals surface area contributed by atoms with Crippen LogP contribution >= 0.6 is 0 Å². The van der Waals surface area contributed by atoms with Gasteiger partial charge in [-0.15, -0.1) is 0 Å². The third kappa shape index (κ3) is 2.90. The summed E-state index contributed by atoms with van der Waals surface area (Å²) in [6.45, 7) is 0. The van der Waals surface area contributed by atoms with Crippen molar-refractivity contribution in [2.24, 2.45) is 0 Å². The summed E-state index contributed by atoms with van der Waals surface area (Å²) in [5, 5.41) is 10.2. The second-order valence-electron chi connectivity index (χ2n) is 4.69. The van der Waals surface area contributed by atoms with Gasteiger partial charge in [0.2, 0.25) is 0 Å². The standard InChI is InChI=1S/C15H14FNO2/c16-11-4-7-14(17-9-11)15(18)10-2-1-3-13(8-10)19-12-5-6-12/h1-4,7-9,12,15,18H,5-6H2. The van der Waals surface area contributed by atoms with E-state index in [0.29, 0.717) is 17.4 Å². The number of halogens is 1. The number of aromatic nitrogens is 1. The topological polar surface area (TPSA) is 42.4 Å². The third-order valence-corrected chi connectivity index (χ3v) is 3.03. The van der Waals surface area contributed by atoms with Crippen molar-refractivity contribution in [3.8, 4) is 5.75 Å². The molecule has 19 heavy (non-hydrogen) atoms. The summed E-state index contributed by atoms with van der Waals surface area (Å²) in [5.41, 5.74) is 1.11. The van der Waals surface area contributed by atoms with Crippen LogP contribution in [0.5, 0.6) is 5.75 Å². The van der Waals surface area contributed by atoms with Gasteiger partial charge in [0.1, 0.15) is 17.7 Å².